The fourth-order valence-corrected chi connectivity index (χ4v) is 9.59. The van der Waals surface area contributed by atoms with Crippen LogP contribution in [-0.4, -0.2) is 82.3 Å². The average Bonchev–Trinajstić information content (AvgIpc) is 3.74. The predicted octanol–water partition coefficient (Wildman–Crippen LogP) is 22.2. The van der Waals surface area contributed by atoms with E-state index < -0.39 is 24.3 Å². The zero-order valence-electron chi connectivity index (χ0n) is 59.8. The number of esters is 2. The van der Waals surface area contributed by atoms with Crippen molar-refractivity contribution in [2.45, 2.75) is 283 Å². The highest BCUT2D eigenvalue weighted by molar-refractivity contribution is 5.70. The minimum Gasteiger partial charge on any atom is -0.545 e. The lowest BCUT2D eigenvalue weighted by molar-refractivity contribution is -0.870. The summed E-state index contributed by atoms with van der Waals surface area (Å²) in [5.41, 5.74) is 0. The lowest BCUT2D eigenvalue weighted by Gasteiger charge is -2.26. The van der Waals surface area contributed by atoms with Gasteiger partial charge in [-0.25, -0.2) is 0 Å². The molecule has 9 heteroatoms. The topological polar surface area (TPSA) is 111 Å². The molecule has 0 spiro atoms. The second kappa shape index (κ2) is 72.2. The quantitative estimate of drug-likeness (QED) is 0.0195. The number of ether oxygens (including phenoxy) is 4. The molecule has 2 atom stereocenters. The SMILES string of the molecule is CC/C=C\C/C=C\C/C=C\C/C=C\C/C=C\C/C=C\C/C=C\C/C=C\C/C=C\C/C=C\CCCCCCC(=O)OC(COC(=O)CCCCCCCCCCCCCCCCCCC/C=C\C/C=C\C/C=C\C/C=C\C/C=C\CC)COC(OCC[N+](C)(C)C)C(=O)[O-]. The van der Waals surface area contributed by atoms with Crippen molar-refractivity contribution in [1.29, 1.82) is 0 Å². The van der Waals surface area contributed by atoms with Crippen molar-refractivity contribution in [2.75, 3.05) is 47.5 Å². The Kier molecular flexibility index (Phi) is 67.9. The molecular weight excluding hydrogens is 1150 g/mol. The zero-order chi connectivity index (χ0) is 67.5. The van der Waals surface area contributed by atoms with Gasteiger partial charge in [0.15, 0.2) is 12.4 Å². The summed E-state index contributed by atoms with van der Waals surface area (Å²) in [6, 6.07) is 0. The van der Waals surface area contributed by atoms with E-state index in [9.17, 15) is 19.5 Å². The highest BCUT2D eigenvalue weighted by Gasteiger charge is 2.22. The molecule has 0 saturated heterocycles. The molecule has 0 N–H and O–H groups in total. The van der Waals surface area contributed by atoms with Crippen LogP contribution in [0.2, 0.25) is 0 Å². The minimum absolute atomic E-state index is 0.134. The number of likely N-dealkylation sites (N-methyl/N-ethyl adjacent to an activating group) is 1. The Bertz CT molecular complexity index is 2190. The first-order valence-corrected chi connectivity index (χ1v) is 36.9. The normalized spacial score (nSPS) is 13.8. The Morgan fingerprint density at radius 2 is 0.581 bits per heavy atom. The third-order valence-electron chi connectivity index (χ3n) is 15.1. The van der Waals surface area contributed by atoms with Gasteiger partial charge in [0.1, 0.15) is 13.2 Å². The van der Waals surface area contributed by atoms with E-state index in [2.05, 4.69) is 196 Å². The summed E-state index contributed by atoms with van der Waals surface area (Å²) in [7, 11) is 5.91. The first kappa shape index (κ1) is 87.4. The summed E-state index contributed by atoms with van der Waals surface area (Å²) in [4.78, 5) is 37.5. The van der Waals surface area contributed by atoms with Gasteiger partial charge in [0.05, 0.1) is 40.3 Å². The maximum absolute atomic E-state index is 12.9. The third-order valence-corrected chi connectivity index (χ3v) is 15.1. The number of hydrogen-bond donors (Lipinski definition) is 0. The van der Waals surface area contributed by atoms with Gasteiger partial charge in [-0.3, -0.25) is 9.59 Å². The fraction of sp³-hybridized carbons (Fsp3) is 0.607. The number of carboxylic acid groups (broad SMARTS) is 1. The van der Waals surface area contributed by atoms with Crippen LogP contribution in [0.1, 0.15) is 271 Å². The maximum Gasteiger partial charge on any atom is 0.306 e. The first-order chi connectivity index (χ1) is 45.6. The highest BCUT2D eigenvalue weighted by atomic mass is 16.7. The number of carbonyl (C=O) groups is 3. The number of quaternary nitrogens is 1. The molecule has 93 heavy (non-hydrogen) atoms. The molecule has 0 radical (unpaired) electrons. The molecule has 0 aromatic heterocycles. The van der Waals surface area contributed by atoms with Crippen LogP contribution in [0.3, 0.4) is 0 Å². The van der Waals surface area contributed by atoms with Crippen molar-refractivity contribution in [3.05, 3.63) is 182 Å². The van der Waals surface area contributed by atoms with Crippen LogP contribution < -0.4 is 5.11 Å². The summed E-state index contributed by atoms with van der Waals surface area (Å²) in [6.07, 6.45) is 107. The number of unbranched alkanes of at least 4 members (excludes halogenated alkanes) is 21. The maximum atomic E-state index is 12.9. The van der Waals surface area contributed by atoms with Crippen LogP contribution in [0, 0.1) is 0 Å². The largest absolute Gasteiger partial charge is 0.545 e. The van der Waals surface area contributed by atoms with Crippen molar-refractivity contribution in [1.82, 2.24) is 0 Å². The Labute approximate surface area is 570 Å². The smallest absolute Gasteiger partial charge is 0.306 e. The Hall–Kier alpha value is -5.61. The number of hydrogen-bond acceptors (Lipinski definition) is 8. The summed E-state index contributed by atoms with van der Waals surface area (Å²) in [6.45, 7) is 4.48. The van der Waals surface area contributed by atoms with Gasteiger partial charge < -0.3 is 33.3 Å². The summed E-state index contributed by atoms with van der Waals surface area (Å²) in [5, 5.41) is 11.8. The fourth-order valence-electron chi connectivity index (χ4n) is 9.59. The molecule has 9 nitrogen and oxygen atoms in total. The van der Waals surface area contributed by atoms with Gasteiger partial charge >= 0.3 is 11.9 Å². The number of rotatable bonds is 66. The minimum atomic E-state index is -1.64. The molecule has 0 aromatic carbocycles. The molecule has 0 heterocycles. The zero-order valence-corrected chi connectivity index (χ0v) is 59.8. The highest BCUT2D eigenvalue weighted by Crippen LogP contribution is 2.16. The molecular formula is C84H135NO8. The number of aliphatic carboxylic acids is 1. The van der Waals surface area contributed by atoms with Crippen molar-refractivity contribution >= 4 is 17.9 Å². The third kappa shape index (κ3) is 73.7. The number of allylic oxidation sites excluding steroid dienone is 30. The van der Waals surface area contributed by atoms with E-state index in [0.29, 0.717) is 17.4 Å². The number of nitrogens with zero attached hydrogens (tertiary/aromatic N) is 1. The van der Waals surface area contributed by atoms with E-state index in [1.165, 1.54) is 96.3 Å². The van der Waals surface area contributed by atoms with E-state index in [0.717, 1.165) is 141 Å². The molecule has 524 valence electrons. The van der Waals surface area contributed by atoms with Crippen LogP contribution >= 0.6 is 0 Å². The monoisotopic (exact) mass is 1290 g/mol. The molecule has 0 aliphatic rings. The van der Waals surface area contributed by atoms with Crippen LogP contribution in [0.4, 0.5) is 0 Å². The lowest BCUT2D eigenvalue weighted by Crippen LogP contribution is -2.44. The molecule has 0 aromatic rings. The van der Waals surface area contributed by atoms with E-state index in [1.807, 2.05) is 21.1 Å². The summed E-state index contributed by atoms with van der Waals surface area (Å²) < 4.78 is 22.8. The lowest BCUT2D eigenvalue weighted by atomic mass is 10.0. The Morgan fingerprint density at radius 1 is 0.323 bits per heavy atom. The summed E-state index contributed by atoms with van der Waals surface area (Å²) in [5.74, 6) is -2.33. The number of carboxylic acids is 1. The standard InChI is InChI=1S/C84H135NO8/c1-6-8-10-12-14-16-18-20-22-24-26-28-30-32-34-36-38-40-41-43-45-47-49-51-53-55-57-59-61-63-65-67-69-71-73-75-82(87)93-80(79-92-84(83(88)89)90-77-76-85(3,4)5)78-91-81(86)74-72-70-68-66-64-62-60-58-56-54-52-50-48-46-44-42-39-37-35-33-31-29-27-25-23-21-19-17-15-13-11-9-7-2/h8-11,14-17,20-23,26-29,32-35,38,40,43,45,49,51,55,57,61,63,80,84H,6-7,12-13,18-19,24-25,30-31,36-37,39,41-42,44,46-48,50,52-54,56,58-60,62,64-79H2,1-5H3/b10-8-,11-9-,16-14-,17-15-,22-20-,23-21-,28-26-,29-27-,34-32-,35-33-,40-38-,45-43-,51-49-,57-55-,63-61-. The van der Waals surface area contributed by atoms with E-state index in [-0.39, 0.29) is 38.6 Å². The van der Waals surface area contributed by atoms with Crippen molar-refractivity contribution in [3.8, 4) is 0 Å². The second-order valence-electron chi connectivity index (χ2n) is 25.1. The van der Waals surface area contributed by atoms with Crippen LogP contribution in [0.15, 0.2) is 182 Å². The van der Waals surface area contributed by atoms with Crippen molar-refractivity contribution in [3.63, 3.8) is 0 Å². The second-order valence-corrected chi connectivity index (χ2v) is 25.1. The van der Waals surface area contributed by atoms with Gasteiger partial charge in [0.2, 0.25) is 0 Å². The van der Waals surface area contributed by atoms with Gasteiger partial charge in [-0.05, 0) is 135 Å². The van der Waals surface area contributed by atoms with Crippen LogP contribution in [-0.2, 0) is 33.3 Å². The Morgan fingerprint density at radius 3 is 0.860 bits per heavy atom. The van der Waals surface area contributed by atoms with Gasteiger partial charge in [0.25, 0.3) is 0 Å². The summed E-state index contributed by atoms with van der Waals surface area (Å²) >= 11 is 0. The molecule has 0 saturated carbocycles. The van der Waals surface area contributed by atoms with E-state index in [1.54, 1.807) is 0 Å². The predicted molar refractivity (Wildman–Crippen MR) is 398 cm³/mol. The number of carbonyl (C=O) groups excluding carboxylic acids is 3. The molecule has 0 bridgehead atoms. The van der Waals surface area contributed by atoms with Crippen LogP contribution in [0.5, 0.6) is 0 Å². The molecule has 0 aliphatic carbocycles. The van der Waals surface area contributed by atoms with Gasteiger partial charge in [0, 0.05) is 12.8 Å². The van der Waals surface area contributed by atoms with Gasteiger partial charge in [-0.15, -0.1) is 0 Å². The molecule has 0 aliphatic heterocycles. The molecule has 0 amide bonds. The molecule has 2 unspecified atom stereocenters. The van der Waals surface area contributed by atoms with Crippen LogP contribution in [0.25, 0.3) is 0 Å². The van der Waals surface area contributed by atoms with Crippen molar-refractivity contribution < 1.29 is 42.9 Å². The molecule has 0 rings (SSSR count). The van der Waals surface area contributed by atoms with E-state index in [4.69, 9.17) is 18.9 Å². The van der Waals surface area contributed by atoms with E-state index >= 15 is 0 Å². The van der Waals surface area contributed by atoms with Gasteiger partial charge in [-0.2, -0.15) is 0 Å². The first-order valence-electron chi connectivity index (χ1n) is 36.9. The van der Waals surface area contributed by atoms with Gasteiger partial charge in [-0.1, -0.05) is 305 Å². The molecule has 0 fully saturated rings. The van der Waals surface area contributed by atoms with Crippen molar-refractivity contribution in [2.24, 2.45) is 0 Å². The Balaban J connectivity index is 4.20. The average molecular weight is 1290 g/mol.